The first-order chi connectivity index (χ1) is 13.5. The first kappa shape index (κ1) is 18.6. The fourth-order valence-electron chi connectivity index (χ4n) is 3.80. The van der Waals surface area contributed by atoms with Crippen molar-refractivity contribution in [3.8, 4) is 11.3 Å². The van der Waals surface area contributed by atoms with Crippen LogP contribution in [0.25, 0.3) is 22.3 Å². The fourth-order valence-corrected chi connectivity index (χ4v) is 3.80. The number of nitrogens with zero attached hydrogens (tertiary/aromatic N) is 4. The summed E-state index contributed by atoms with van der Waals surface area (Å²) in [6.07, 6.45) is 6.54. The third kappa shape index (κ3) is 3.63. The number of fused-ring (bicyclic) bond motifs is 1. The van der Waals surface area contributed by atoms with E-state index in [1.807, 2.05) is 41.1 Å². The Hall–Kier alpha value is -2.77. The van der Waals surface area contributed by atoms with E-state index in [0.29, 0.717) is 32.5 Å². The van der Waals surface area contributed by atoms with Crippen LogP contribution >= 0.6 is 0 Å². The van der Waals surface area contributed by atoms with Crippen molar-refractivity contribution in [3.63, 3.8) is 0 Å². The van der Waals surface area contributed by atoms with Crippen LogP contribution in [0.1, 0.15) is 19.8 Å². The summed E-state index contributed by atoms with van der Waals surface area (Å²) in [5.74, 6) is -0.0543. The second kappa shape index (κ2) is 7.33. The number of nitrogens with two attached hydrogens (primary N) is 1. The average molecular weight is 379 g/mol. The van der Waals surface area contributed by atoms with Gasteiger partial charge in [-0.1, -0.05) is 0 Å². The van der Waals surface area contributed by atoms with E-state index in [-0.39, 0.29) is 5.91 Å². The van der Waals surface area contributed by atoms with Gasteiger partial charge in [0.1, 0.15) is 0 Å². The molecule has 4 heterocycles. The fraction of sp³-hybridized carbons (Fsp3) is 0.381. The van der Waals surface area contributed by atoms with Gasteiger partial charge in [-0.2, -0.15) is 0 Å². The van der Waals surface area contributed by atoms with Gasteiger partial charge in [0.25, 0.3) is 0 Å². The Balaban J connectivity index is 1.50. The van der Waals surface area contributed by atoms with Crippen molar-refractivity contribution in [2.45, 2.75) is 38.0 Å². The van der Waals surface area contributed by atoms with E-state index in [0.717, 1.165) is 22.3 Å². The van der Waals surface area contributed by atoms with E-state index >= 15 is 0 Å². The van der Waals surface area contributed by atoms with Crippen molar-refractivity contribution in [1.29, 1.82) is 0 Å². The summed E-state index contributed by atoms with van der Waals surface area (Å²) >= 11 is 0. The second-order valence-corrected chi connectivity index (χ2v) is 7.62. The molecule has 7 heteroatoms. The van der Waals surface area contributed by atoms with Gasteiger partial charge in [0, 0.05) is 37.2 Å². The number of carbonyl (C=O) groups excluding carboxylic acids is 1. The molecule has 0 aromatic carbocycles. The molecule has 1 fully saturated rings. The zero-order chi connectivity index (χ0) is 19.7. The van der Waals surface area contributed by atoms with Crippen LogP contribution in [0.15, 0.2) is 48.9 Å². The highest BCUT2D eigenvalue weighted by Gasteiger charge is 2.35. The van der Waals surface area contributed by atoms with Crippen LogP contribution in [-0.4, -0.2) is 55.2 Å². The summed E-state index contributed by atoms with van der Waals surface area (Å²) in [5, 5.41) is 11.1. The van der Waals surface area contributed by atoms with Crippen molar-refractivity contribution >= 4 is 16.9 Å². The maximum absolute atomic E-state index is 12.1. The minimum absolute atomic E-state index is 0.0543. The van der Waals surface area contributed by atoms with E-state index in [4.69, 9.17) is 10.7 Å². The Morgan fingerprint density at radius 2 is 1.93 bits per heavy atom. The van der Waals surface area contributed by atoms with Crippen molar-refractivity contribution < 1.29 is 9.90 Å². The molecule has 1 aliphatic heterocycles. The van der Waals surface area contributed by atoms with E-state index in [1.165, 1.54) is 0 Å². The first-order valence-corrected chi connectivity index (χ1v) is 9.58. The molecule has 146 valence electrons. The lowest BCUT2D eigenvalue weighted by Crippen LogP contribution is -2.51. The lowest BCUT2D eigenvalue weighted by molar-refractivity contribution is -0.136. The standard InChI is InChI=1S/C21H25N5O2/c1-15(22)20(27)25-12-7-21(28,8-13-25)14-26-11-6-18-19(26)3-2-17(24-18)16-4-9-23-10-5-16/h2-6,9-11,15,28H,7-8,12-14,22H2,1H3. The van der Waals surface area contributed by atoms with Crippen LogP contribution in [0.5, 0.6) is 0 Å². The lowest BCUT2D eigenvalue weighted by atomic mass is 9.91. The highest BCUT2D eigenvalue weighted by atomic mass is 16.3. The number of piperidine rings is 1. The highest BCUT2D eigenvalue weighted by Crippen LogP contribution is 2.27. The average Bonchev–Trinajstić information content (AvgIpc) is 3.10. The van der Waals surface area contributed by atoms with Crippen molar-refractivity contribution in [3.05, 3.63) is 48.9 Å². The molecule has 1 unspecified atom stereocenters. The van der Waals surface area contributed by atoms with E-state index in [9.17, 15) is 9.90 Å². The zero-order valence-electron chi connectivity index (χ0n) is 16.0. The Kier molecular flexibility index (Phi) is 4.87. The predicted octanol–water partition coefficient (Wildman–Crippen LogP) is 1.80. The number of aliphatic hydroxyl groups is 1. The number of hydrogen-bond donors (Lipinski definition) is 2. The predicted molar refractivity (Wildman–Crippen MR) is 107 cm³/mol. The number of carbonyl (C=O) groups is 1. The zero-order valence-corrected chi connectivity index (χ0v) is 16.0. The normalized spacial score (nSPS) is 17.6. The number of pyridine rings is 2. The molecule has 0 spiro atoms. The molecule has 0 radical (unpaired) electrons. The third-order valence-electron chi connectivity index (χ3n) is 5.46. The van der Waals surface area contributed by atoms with Gasteiger partial charge in [-0.05, 0) is 50.1 Å². The number of amides is 1. The van der Waals surface area contributed by atoms with Crippen molar-refractivity contribution in [2.75, 3.05) is 13.1 Å². The molecule has 1 aliphatic rings. The largest absolute Gasteiger partial charge is 0.388 e. The summed E-state index contributed by atoms with van der Waals surface area (Å²) in [6, 6.07) is 9.37. The van der Waals surface area contributed by atoms with Crippen LogP contribution in [0.2, 0.25) is 0 Å². The van der Waals surface area contributed by atoms with Gasteiger partial charge in [-0.3, -0.25) is 9.78 Å². The number of likely N-dealkylation sites (tertiary alicyclic amines) is 1. The Labute approximate surface area is 163 Å². The Morgan fingerprint density at radius 3 is 2.61 bits per heavy atom. The molecule has 1 amide bonds. The number of aromatic nitrogens is 3. The number of hydrogen-bond acceptors (Lipinski definition) is 5. The quantitative estimate of drug-likeness (QED) is 0.720. The summed E-state index contributed by atoms with van der Waals surface area (Å²) < 4.78 is 2.04. The SMILES string of the molecule is CC(N)C(=O)N1CCC(O)(Cn2ccc3nc(-c4ccncc4)ccc32)CC1. The van der Waals surface area contributed by atoms with Crippen LogP contribution < -0.4 is 5.73 Å². The summed E-state index contributed by atoms with van der Waals surface area (Å²) in [6.45, 7) is 3.23. The smallest absolute Gasteiger partial charge is 0.239 e. The maximum atomic E-state index is 12.1. The van der Waals surface area contributed by atoms with E-state index in [2.05, 4.69) is 4.98 Å². The van der Waals surface area contributed by atoms with E-state index < -0.39 is 11.6 Å². The van der Waals surface area contributed by atoms with Crippen LogP contribution in [-0.2, 0) is 11.3 Å². The van der Waals surface area contributed by atoms with Crippen LogP contribution in [0, 0.1) is 0 Å². The third-order valence-corrected chi connectivity index (χ3v) is 5.46. The molecule has 0 bridgehead atoms. The molecule has 3 N–H and O–H groups in total. The summed E-state index contributed by atoms with van der Waals surface area (Å²) in [7, 11) is 0. The minimum atomic E-state index is -0.843. The van der Waals surface area contributed by atoms with Crippen LogP contribution in [0.4, 0.5) is 0 Å². The van der Waals surface area contributed by atoms with Crippen LogP contribution in [0.3, 0.4) is 0 Å². The van der Waals surface area contributed by atoms with Gasteiger partial charge in [-0.25, -0.2) is 4.98 Å². The Bertz CT molecular complexity index is 975. The molecule has 3 aromatic rings. The molecular weight excluding hydrogens is 354 g/mol. The van der Waals surface area contributed by atoms with Gasteiger partial charge in [0.05, 0.1) is 34.9 Å². The van der Waals surface area contributed by atoms with Gasteiger partial charge in [0.2, 0.25) is 5.91 Å². The second-order valence-electron chi connectivity index (χ2n) is 7.62. The van der Waals surface area contributed by atoms with E-state index in [1.54, 1.807) is 24.2 Å². The number of rotatable bonds is 4. The van der Waals surface area contributed by atoms with Gasteiger partial charge in [-0.15, -0.1) is 0 Å². The molecule has 1 saturated heterocycles. The monoisotopic (exact) mass is 379 g/mol. The topological polar surface area (TPSA) is 97.3 Å². The Morgan fingerprint density at radius 1 is 1.21 bits per heavy atom. The summed E-state index contributed by atoms with van der Waals surface area (Å²) in [4.78, 5) is 22.6. The highest BCUT2D eigenvalue weighted by molar-refractivity contribution is 5.81. The minimum Gasteiger partial charge on any atom is -0.388 e. The van der Waals surface area contributed by atoms with Gasteiger partial charge >= 0.3 is 0 Å². The molecule has 0 aliphatic carbocycles. The molecule has 1 atom stereocenters. The first-order valence-electron chi connectivity index (χ1n) is 9.58. The van der Waals surface area contributed by atoms with Crippen molar-refractivity contribution in [2.24, 2.45) is 5.73 Å². The molecule has 3 aromatic heterocycles. The molecule has 4 rings (SSSR count). The maximum Gasteiger partial charge on any atom is 0.239 e. The summed E-state index contributed by atoms with van der Waals surface area (Å²) in [5.41, 5.74) is 8.65. The van der Waals surface area contributed by atoms with Gasteiger partial charge < -0.3 is 20.3 Å². The molecule has 28 heavy (non-hydrogen) atoms. The van der Waals surface area contributed by atoms with Gasteiger partial charge in [0.15, 0.2) is 0 Å². The molecular formula is C21H25N5O2. The van der Waals surface area contributed by atoms with Crippen molar-refractivity contribution in [1.82, 2.24) is 19.4 Å². The molecule has 7 nitrogen and oxygen atoms in total. The molecule has 0 saturated carbocycles. The lowest BCUT2D eigenvalue weighted by Gasteiger charge is -2.39.